The molecule has 5 rings (SSSR count). The first-order valence-electron chi connectivity index (χ1n) is 11.0. The number of rotatable bonds is 2. The Morgan fingerprint density at radius 3 is 2.68 bits per heavy atom. The van der Waals surface area contributed by atoms with Gasteiger partial charge in [0.15, 0.2) is 5.79 Å². The van der Waals surface area contributed by atoms with Gasteiger partial charge in [-0.05, 0) is 18.8 Å². The van der Waals surface area contributed by atoms with Crippen molar-refractivity contribution in [2.75, 3.05) is 32.8 Å². The zero-order valence-electron chi connectivity index (χ0n) is 17.1. The Morgan fingerprint density at radius 1 is 1.25 bits per heavy atom. The molecule has 28 heavy (non-hydrogen) atoms. The van der Waals surface area contributed by atoms with Gasteiger partial charge in [0, 0.05) is 50.2 Å². The Labute approximate surface area is 167 Å². The molecule has 1 N–H and O–H groups in total. The maximum absolute atomic E-state index is 12.8. The van der Waals surface area contributed by atoms with E-state index < -0.39 is 11.9 Å². The lowest BCUT2D eigenvalue weighted by atomic mass is 9.55. The van der Waals surface area contributed by atoms with Crippen LogP contribution in [0.25, 0.3) is 0 Å². The highest BCUT2D eigenvalue weighted by Gasteiger charge is 2.60. The first-order chi connectivity index (χ1) is 13.4. The molecule has 0 aromatic rings. The lowest BCUT2D eigenvalue weighted by molar-refractivity contribution is -0.186. The highest BCUT2D eigenvalue weighted by Crippen LogP contribution is 2.56. The van der Waals surface area contributed by atoms with Gasteiger partial charge in [0.05, 0.1) is 25.2 Å². The quantitative estimate of drug-likeness (QED) is 0.574. The van der Waals surface area contributed by atoms with Crippen LogP contribution in [0.2, 0.25) is 0 Å². The number of nitrogens with zero attached hydrogens (tertiary/aromatic N) is 1. The van der Waals surface area contributed by atoms with Crippen molar-refractivity contribution in [3.63, 3.8) is 0 Å². The van der Waals surface area contributed by atoms with Gasteiger partial charge in [0.2, 0.25) is 0 Å². The molecule has 4 fully saturated rings. The van der Waals surface area contributed by atoms with Crippen molar-refractivity contribution in [3.05, 3.63) is 11.6 Å². The number of piperidine rings is 1. The van der Waals surface area contributed by atoms with Crippen molar-refractivity contribution < 1.29 is 24.1 Å². The molecule has 3 aliphatic heterocycles. The zero-order valence-corrected chi connectivity index (χ0v) is 17.1. The number of allylic oxidation sites excluding steroid dienone is 1. The molecule has 3 saturated heterocycles. The summed E-state index contributed by atoms with van der Waals surface area (Å²) in [7, 11) is 0. The van der Waals surface area contributed by atoms with Crippen molar-refractivity contribution in [3.8, 4) is 0 Å². The number of aliphatic hydroxyl groups excluding tert-OH is 1. The smallest absolute Gasteiger partial charge is 0.311 e. The number of aliphatic hydroxyl groups is 1. The number of carbonyl (C=O) groups is 1. The van der Waals surface area contributed by atoms with E-state index in [4.69, 9.17) is 14.2 Å². The molecule has 6 nitrogen and oxygen atoms in total. The fraction of sp³-hybridized carbons (Fsp3) is 0.864. The van der Waals surface area contributed by atoms with Gasteiger partial charge in [0.25, 0.3) is 0 Å². The molecule has 156 valence electrons. The number of carbonyl (C=O) groups excluding carboxylic acids is 1. The van der Waals surface area contributed by atoms with Crippen LogP contribution in [0, 0.1) is 23.2 Å². The fourth-order valence-electron chi connectivity index (χ4n) is 6.41. The topological polar surface area (TPSA) is 68.2 Å². The summed E-state index contributed by atoms with van der Waals surface area (Å²) < 4.78 is 17.4. The molecule has 0 radical (unpaired) electrons. The first-order valence-corrected chi connectivity index (χ1v) is 11.0. The summed E-state index contributed by atoms with van der Waals surface area (Å²) in [6, 6.07) is 0. The third-order valence-electron chi connectivity index (χ3n) is 8.46. The van der Waals surface area contributed by atoms with Crippen LogP contribution in [0.1, 0.15) is 46.0 Å². The van der Waals surface area contributed by atoms with Crippen molar-refractivity contribution in [1.29, 1.82) is 0 Å². The van der Waals surface area contributed by atoms with E-state index in [2.05, 4.69) is 24.8 Å². The van der Waals surface area contributed by atoms with Crippen LogP contribution >= 0.6 is 0 Å². The number of likely N-dealkylation sites (tertiary alicyclic amines) is 1. The molecule has 3 heterocycles. The predicted molar refractivity (Wildman–Crippen MR) is 102 cm³/mol. The summed E-state index contributed by atoms with van der Waals surface area (Å²) in [5.41, 5.74) is 1.06. The van der Waals surface area contributed by atoms with Crippen molar-refractivity contribution in [1.82, 2.24) is 4.90 Å². The van der Waals surface area contributed by atoms with E-state index in [1.165, 1.54) is 5.57 Å². The second-order valence-electron chi connectivity index (χ2n) is 9.71. The summed E-state index contributed by atoms with van der Waals surface area (Å²) >= 11 is 0. The van der Waals surface area contributed by atoms with Gasteiger partial charge < -0.3 is 24.2 Å². The Kier molecular flexibility index (Phi) is 4.62. The Balaban J connectivity index is 1.31. The summed E-state index contributed by atoms with van der Waals surface area (Å²) in [6.07, 6.45) is 6.22. The molecule has 6 atom stereocenters. The Morgan fingerprint density at radius 2 is 1.96 bits per heavy atom. The van der Waals surface area contributed by atoms with E-state index in [1.807, 2.05) is 0 Å². The van der Waals surface area contributed by atoms with Gasteiger partial charge in [-0.3, -0.25) is 4.79 Å². The average molecular weight is 392 g/mol. The van der Waals surface area contributed by atoms with Gasteiger partial charge in [-0.2, -0.15) is 0 Å². The molecule has 1 saturated carbocycles. The largest absolute Gasteiger partial charge is 0.461 e. The minimum atomic E-state index is -0.526. The SMILES string of the molecule is CC1CCC=C2C[C@H]3OC(=O)C(CN4CCC5(CC4)OCCO5)[C@H]3C(O)[C@@]21C. The van der Waals surface area contributed by atoms with E-state index in [-0.39, 0.29) is 29.3 Å². The lowest BCUT2D eigenvalue weighted by Gasteiger charge is -2.52. The van der Waals surface area contributed by atoms with Gasteiger partial charge in [-0.25, -0.2) is 0 Å². The number of ether oxygens (including phenoxy) is 3. The number of esters is 1. The standard InChI is InChI=1S/C22H33NO5/c1-14-4-3-5-15-12-17-18(19(24)21(14,15)2)16(20(25)28-17)13-23-8-6-22(7-9-23)26-10-11-27-22/h5,14,16-19,24H,3-4,6-13H2,1-2H3/t14?,16?,17-,18-,19?,21-/m1/s1. The summed E-state index contributed by atoms with van der Waals surface area (Å²) in [5.74, 6) is -0.453. The number of hydrogen-bond donors (Lipinski definition) is 1. The van der Waals surface area contributed by atoms with Crippen LogP contribution in [0.3, 0.4) is 0 Å². The molecule has 2 aliphatic carbocycles. The van der Waals surface area contributed by atoms with Gasteiger partial charge in [0.1, 0.15) is 6.10 Å². The van der Waals surface area contributed by atoms with E-state index in [9.17, 15) is 9.90 Å². The van der Waals surface area contributed by atoms with E-state index in [1.54, 1.807) is 0 Å². The van der Waals surface area contributed by atoms with E-state index in [0.717, 1.165) is 45.2 Å². The third kappa shape index (κ3) is 2.79. The van der Waals surface area contributed by atoms with Crippen molar-refractivity contribution >= 4 is 5.97 Å². The normalized spacial score (nSPS) is 45.5. The first kappa shape index (κ1) is 19.0. The molecule has 0 amide bonds. The molecule has 0 bridgehead atoms. The van der Waals surface area contributed by atoms with Crippen LogP contribution < -0.4 is 0 Å². The summed E-state index contributed by atoms with van der Waals surface area (Å²) in [4.78, 5) is 15.1. The van der Waals surface area contributed by atoms with Crippen LogP contribution in [-0.4, -0.2) is 66.8 Å². The summed E-state index contributed by atoms with van der Waals surface area (Å²) in [6.45, 7) is 8.18. The Hall–Kier alpha value is -0.950. The second kappa shape index (κ2) is 6.79. The van der Waals surface area contributed by atoms with Gasteiger partial charge in [-0.1, -0.05) is 25.5 Å². The molecule has 0 aromatic heterocycles. The van der Waals surface area contributed by atoms with Crippen LogP contribution in [-0.2, 0) is 19.0 Å². The fourth-order valence-corrected chi connectivity index (χ4v) is 6.41. The van der Waals surface area contributed by atoms with Crippen molar-refractivity contribution in [2.45, 2.75) is 63.9 Å². The van der Waals surface area contributed by atoms with Crippen LogP contribution in [0.5, 0.6) is 0 Å². The maximum Gasteiger partial charge on any atom is 0.311 e. The van der Waals surface area contributed by atoms with Gasteiger partial charge >= 0.3 is 5.97 Å². The number of hydrogen-bond acceptors (Lipinski definition) is 6. The molecule has 6 heteroatoms. The van der Waals surface area contributed by atoms with Crippen LogP contribution in [0.15, 0.2) is 11.6 Å². The van der Waals surface area contributed by atoms with E-state index >= 15 is 0 Å². The third-order valence-corrected chi connectivity index (χ3v) is 8.46. The highest BCUT2D eigenvalue weighted by atomic mass is 16.7. The minimum Gasteiger partial charge on any atom is -0.461 e. The minimum absolute atomic E-state index is 0.106. The van der Waals surface area contributed by atoms with Crippen LogP contribution in [0.4, 0.5) is 0 Å². The lowest BCUT2D eigenvalue weighted by Crippen LogP contribution is -2.55. The zero-order chi connectivity index (χ0) is 19.5. The molecular formula is C22H33NO5. The Bertz CT molecular complexity index is 662. The second-order valence-corrected chi connectivity index (χ2v) is 9.71. The maximum atomic E-state index is 12.8. The molecular weight excluding hydrogens is 358 g/mol. The predicted octanol–water partition coefficient (Wildman–Crippen LogP) is 2.11. The molecule has 5 aliphatic rings. The molecule has 0 aromatic carbocycles. The molecule has 3 unspecified atom stereocenters. The molecule has 1 spiro atoms. The van der Waals surface area contributed by atoms with Gasteiger partial charge in [-0.15, -0.1) is 0 Å². The highest BCUT2D eigenvalue weighted by molar-refractivity contribution is 5.76. The van der Waals surface area contributed by atoms with Crippen molar-refractivity contribution in [2.24, 2.45) is 23.2 Å². The summed E-state index contributed by atoms with van der Waals surface area (Å²) in [5, 5.41) is 11.5. The monoisotopic (exact) mass is 391 g/mol. The average Bonchev–Trinajstić information content (AvgIpc) is 3.25. The number of fused-ring (bicyclic) bond motifs is 2. The van der Waals surface area contributed by atoms with E-state index in [0.29, 0.717) is 25.7 Å².